The molecule has 4 rings (SSSR count). The van der Waals surface area contributed by atoms with Crippen LogP contribution in [0.15, 0.2) is 22.6 Å². The zero-order chi connectivity index (χ0) is 18.7. The maximum absolute atomic E-state index is 11.7. The Balaban J connectivity index is 1.97. The maximum Gasteiger partial charge on any atom is 0.160 e. The normalized spacial score (nSPS) is 19.8. The number of ketones is 1. The van der Waals surface area contributed by atoms with E-state index in [9.17, 15) is 4.79 Å². The Morgan fingerprint density at radius 1 is 1.00 bits per heavy atom. The number of Topliss-reactive ketones (excluding diaryl/α,β-unsaturated/α-hetero) is 1. The van der Waals surface area contributed by atoms with Gasteiger partial charge in [0.15, 0.2) is 5.78 Å². The Hall–Kier alpha value is -2.29. The van der Waals surface area contributed by atoms with Crippen molar-refractivity contribution in [1.82, 2.24) is 0 Å². The lowest BCUT2D eigenvalue weighted by Crippen LogP contribution is -2.33. The van der Waals surface area contributed by atoms with E-state index < -0.39 is 0 Å². The molecule has 0 N–H and O–H groups in total. The van der Waals surface area contributed by atoms with E-state index in [-0.39, 0.29) is 16.6 Å². The molecule has 0 aliphatic heterocycles. The topological polar surface area (TPSA) is 39.4 Å². The fourth-order valence-corrected chi connectivity index (χ4v) is 4.21. The van der Waals surface area contributed by atoms with Crippen molar-refractivity contribution in [3.8, 4) is 17.1 Å². The molecule has 1 aromatic heterocycles. The predicted molar refractivity (Wildman–Crippen MR) is 104 cm³/mol. The number of carbonyl (C=O) groups is 1. The van der Waals surface area contributed by atoms with Gasteiger partial charge in [-0.05, 0) is 65.1 Å². The van der Waals surface area contributed by atoms with E-state index in [4.69, 9.17) is 9.15 Å². The number of ether oxygens (including phenoxy) is 1. The molecule has 0 radical (unpaired) electrons. The number of carbonyl (C=O) groups excluding carboxylic acids is 1. The van der Waals surface area contributed by atoms with Crippen LogP contribution in [0.4, 0.5) is 0 Å². The molecule has 1 heterocycles. The van der Waals surface area contributed by atoms with E-state index in [0.717, 1.165) is 40.5 Å². The molecule has 2 aliphatic rings. The van der Waals surface area contributed by atoms with E-state index in [1.165, 1.54) is 11.1 Å². The Morgan fingerprint density at radius 2 is 1.65 bits per heavy atom. The lowest BCUT2D eigenvalue weighted by atomic mass is 9.63. The molecule has 0 saturated carbocycles. The summed E-state index contributed by atoms with van der Waals surface area (Å²) in [6.07, 6.45) is 6.25. The van der Waals surface area contributed by atoms with Crippen LogP contribution in [-0.4, -0.2) is 12.9 Å². The zero-order valence-corrected chi connectivity index (χ0v) is 16.2. The summed E-state index contributed by atoms with van der Waals surface area (Å²) in [5, 5.41) is 0.857. The van der Waals surface area contributed by atoms with Crippen LogP contribution in [-0.2, 0) is 15.6 Å². The molecule has 0 saturated heterocycles. The number of fused-ring (bicyclic) bond motifs is 2. The van der Waals surface area contributed by atoms with E-state index in [1.54, 1.807) is 13.2 Å². The van der Waals surface area contributed by atoms with Crippen molar-refractivity contribution in [2.45, 2.75) is 57.8 Å². The van der Waals surface area contributed by atoms with E-state index in [2.05, 4.69) is 39.8 Å². The molecule has 2 aromatic rings. The third-order valence-electron chi connectivity index (χ3n) is 6.03. The second-order valence-electron chi connectivity index (χ2n) is 8.81. The summed E-state index contributed by atoms with van der Waals surface area (Å²) in [5.41, 5.74) is 4.71. The van der Waals surface area contributed by atoms with Gasteiger partial charge in [0.2, 0.25) is 0 Å². The number of rotatable bonds is 2. The van der Waals surface area contributed by atoms with Crippen LogP contribution < -0.4 is 15.4 Å². The standard InChI is InChI=1S/C23H26O3/c1-22(2)8-9-23(3,4)18-13-20(25-5)16(12-17(18)22)21-11-14-10-15(24)6-7-19(14)26-21/h7,10-13H,6,8-9H2,1-5H3. The first kappa shape index (κ1) is 17.1. The van der Waals surface area contributed by atoms with Gasteiger partial charge in [-0.2, -0.15) is 0 Å². The van der Waals surface area contributed by atoms with Gasteiger partial charge in [0.05, 0.1) is 12.7 Å². The Kier molecular flexibility index (Phi) is 3.69. The lowest BCUT2D eigenvalue weighted by Gasteiger charge is -2.42. The molecular weight excluding hydrogens is 324 g/mol. The highest BCUT2D eigenvalue weighted by molar-refractivity contribution is 6.09. The molecule has 0 atom stereocenters. The number of hydrogen-bond acceptors (Lipinski definition) is 3. The van der Waals surface area contributed by atoms with Crippen molar-refractivity contribution >= 4 is 17.9 Å². The Bertz CT molecular complexity index is 1020. The van der Waals surface area contributed by atoms with Gasteiger partial charge in [0, 0.05) is 11.6 Å². The maximum atomic E-state index is 11.7. The SMILES string of the molecule is COc1cc2c(cc1-c1cc3c(o1)=CCC(=O)C=3)C(C)(C)CCC2(C)C. The average Bonchev–Trinajstić information content (AvgIpc) is 3.01. The van der Waals surface area contributed by atoms with E-state index in [0.29, 0.717) is 6.42 Å². The molecule has 1 aromatic carbocycles. The summed E-state index contributed by atoms with van der Waals surface area (Å²) in [7, 11) is 1.71. The van der Waals surface area contributed by atoms with Crippen molar-refractivity contribution in [2.75, 3.05) is 7.11 Å². The Morgan fingerprint density at radius 3 is 2.31 bits per heavy atom. The molecule has 0 spiro atoms. The van der Waals surface area contributed by atoms with E-state index >= 15 is 0 Å². The van der Waals surface area contributed by atoms with Crippen LogP contribution >= 0.6 is 0 Å². The number of hydrogen-bond donors (Lipinski definition) is 0. The van der Waals surface area contributed by atoms with Crippen LogP contribution in [0.25, 0.3) is 23.5 Å². The summed E-state index contributed by atoms with van der Waals surface area (Å²) in [5.74, 6) is 1.70. The van der Waals surface area contributed by atoms with Gasteiger partial charge < -0.3 is 9.15 Å². The molecule has 3 heteroatoms. The fourth-order valence-electron chi connectivity index (χ4n) is 4.21. The minimum absolute atomic E-state index is 0.116. The summed E-state index contributed by atoms with van der Waals surface area (Å²) in [4.78, 5) is 11.7. The Labute approximate surface area is 154 Å². The van der Waals surface area contributed by atoms with Crippen LogP contribution in [0.3, 0.4) is 0 Å². The van der Waals surface area contributed by atoms with Crippen molar-refractivity contribution in [1.29, 1.82) is 0 Å². The fraction of sp³-hybridized carbons (Fsp3) is 0.435. The molecule has 136 valence electrons. The van der Waals surface area contributed by atoms with Gasteiger partial charge in [-0.3, -0.25) is 4.79 Å². The monoisotopic (exact) mass is 350 g/mol. The largest absolute Gasteiger partial charge is 0.496 e. The summed E-state index contributed by atoms with van der Waals surface area (Å²) in [6.45, 7) is 9.23. The second kappa shape index (κ2) is 5.60. The quantitative estimate of drug-likeness (QED) is 0.826. The third kappa shape index (κ3) is 2.61. The van der Waals surface area contributed by atoms with Gasteiger partial charge in [-0.25, -0.2) is 0 Å². The first-order chi connectivity index (χ1) is 12.2. The van der Waals surface area contributed by atoms with Gasteiger partial charge in [-0.1, -0.05) is 27.7 Å². The molecular formula is C23H26O3. The molecule has 0 unspecified atom stereocenters. The van der Waals surface area contributed by atoms with E-state index in [1.807, 2.05) is 12.1 Å². The zero-order valence-electron chi connectivity index (χ0n) is 16.2. The van der Waals surface area contributed by atoms with Gasteiger partial charge in [0.25, 0.3) is 0 Å². The number of benzene rings is 1. The highest BCUT2D eigenvalue weighted by atomic mass is 16.5. The number of methoxy groups -OCH3 is 1. The van der Waals surface area contributed by atoms with Crippen LogP contribution in [0.2, 0.25) is 0 Å². The van der Waals surface area contributed by atoms with Gasteiger partial charge in [-0.15, -0.1) is 0 Å². The van der Waals surface area contributed by atoms with Crippen LogP contribution in [0.1, 0.15) is 58.1 Å². The molecule has 0 amide bonds. The van der Waals surface area contributed by atoms with Crippen molar-refractivity contribution < 1.29 is 13.9 Å². The van der Waals surface area contributed by atoms with Gasteiger partial charge in [0.1, 0.15) is 16.9 Å². The van der Waals surface area contributed by atoms with Crippen LogP contribution in [0, 0.1) is 0 Å². The molecule has 3 nitrogen and oxygen atoms in total. The molecule has 26 heavy (non-hydrogen) atoms. The molecule has 0 bridgehead atoms. The highest BCUT2D eigenvalue weighted by Gasteiger charge is 2.38. The minimum atomic E-state index is 0.116. The van der Waals surface area contributed by atoms with Gasteiger partial charge >= 0.3 is 0 Å². The lowest BCUT2D eigenvalue weighted by molar-refractivity contribution is -0.112. The van der Waals surface area contributed by atoms with Crippen molar-refractivity contribution in [3.05, 3.63) is 40.0 Å². The predicted octanol–water partition coefficient (Wildman–Crippen LogP) is 3.84. The summed E-state index contributed by atoms with van der Waals surface area (Å²) >= 11 is 0. The summed E-state index contributed by atoms with van der Waals surface area (Å²) < 4.78 is 11.8. The first-order valence-electron chi connectivity index (χ1n) is 9.29. The second-order valence-corrected chi connectivity index (χ2v) is 8.81. The van der Waals surface area contributed by atoms with Crippen molar-refractivity contribution in [3.63, 3.8) is 0 Å². The van der Waals surface area contributed by atoms with Crippen molar-refractivity contribution in [2.24, 2.45) is 0 Å². The third-order valence-corrected chi connectivity index (χ3v) is 6.03. The molecule has 0 fully saturated rings. The van der Waals surface area contributed by atoms with Crippen LogP contribution in [0.5, 0.6) is 5.75 Å². The summed E-state index contributed by atoms with van der Waals surface area (Å²) in [6, 6.07) is 6.38. The highest BCUT2D eigenvalue weighted by Crippen LogP contribution is 2.49. The number of furan rings is 1. The smallest absolute Gasteiger partial charge is 0.160 e. The first-order valence-corrected chi connectivity index (χ1v) is 9.29. The average molecular weight is 350 g/mol. The molecule has 2 aliphatic carbocycles. The minimum Gasteiger partial charge on any atom is -0.496 e.